The van der Waals surface area contributed by atoms with Crippen LogP contribution in [0.15, 0.2) is 11.0 Å². The van der Waals surface area contributed by atoms with Gasteiger partial charge in [-0.25, -0.2) is 4.68 Å². The molecule has 2 rings (SSSR count). The third-order valence-electron chi connectivity index (χ3n) is 2.83. The van der Waals surface area contributed by atoms with E-state index in [2.05, 4.69) is 23.8 Å². The van der Waals surface area contributed by atoms with Crippen molar-refractivity contribution >= 4 is 29.1 Å². The van der Waals surface area contributed by atoms with Crippen LogP contribution in [0.1, 0.15) is 13.8 Å². The molecule has 1 aliphatic rings. The maximum Gasteiger partial charge on any atom is 0.287 e. The minimum absolute atomic E-state index is 0.183. The highest BCUT2D eigenvalue weighted by Crippen LogP contribution is 2.33. The predicted octanol–water partition coefficient (Wildman–Crippen LogP) is 1.77. The summed E-state index contributed by atoms with van der Waals surface area (Å²) in [7, 11) is 1.61. The van der Waals surface area contributed by atoms with Crippen molar-refractivity contribution in [3.05, 3.63) is 21.6 Å². The third kappa shape index (κ3) is 2.60. The summed E-state index contributed by atoms with van der Waals surface area (Å²) < 4.78 is 1.44. The second-order valence-electron chi connectivity index (χ2n) is 4.80. The summed E-state index contributed by atoms with van der Waals surface area (Å²) in [6, 6.07) is 0. The number of aromatic nitrogens is 2. The summed E-state index contributed by atoms with van der Waals surface area (Å²) in [6.07, 6.45) is 1.68. The molecule has 6 heteroatoms. The Morgan fingerprint density at radius 2 is 2.24 bits per heavy atom. The van der Waals surface area contributed by atoms with Crippen LogP contribution in [-0.2, 0) is 7.05 Å². The number of hydrogen-bond donors (Lipinski definition) is 0. The van der Waals surface area contributed by atoms with E-state index >= 15 is 0 Å². The summed E-state index contributed by atoms with van der Waals surface area (Å²) in [4.78, 5) is 13.9. The quantitative estimate of drug-likeness (QED) is 0.782. The largest absolute Gasteiger partial charge is 0.367 e. The van der Waals surface area contributed by atoms with Gasteiger partial charge in [-0.1, -0.05) is 11.6 Å². The van der Waals surface area contributed by atoms with Crippen molar-refractivity contribution in [2.75, 3.05) is 23.7 Å². The molecule has 0 saturated carbocycles. The fourth-order valence-electron chi connectivity index (χ4n) is 1.94. The van der Waals surface area contributed by atoms with Gasteiger partial charge < -0.3 is 4.90 Å². The van der Waals surface area contributed by atoms with Crippen molar-refractivity contribution in [1.29, 1.82) is 0 Å². The topological polar surface area (TPSA) is 38.1 Å². The lowest BCUT2D eigenvalue weighted by Crippen LogP contribution is -2.44. The fourth-order valence-corrected chi connectivity index (χ4v) is 3.35. The third-order valence-corrected chi connectivity index (χ3v) is 4.48. The molecule has 2 heterocycles. The smallest absolute Gasteiger partial charge is 0.287 e. The van der Waals surface area contributed by atoms with Crippen molar-refractivity contribution in [2.45, 2.75) is 18.6 Å². The molecule has 0 aliphatic carbocycles. The first-order chi connectivity index (χ1) is 7.91. The van der Waals surface area contributed by atoms with Crippen LogP contribution in [0.5, 0.6) is 0 Å². The number of aryl methyl sites for hydroxylation is 1. The van der Waals surface area contributed by atoms with Gasteiger partial charge in [0.2, 0.25) is 0 Å². The Morgan fingerprint density at radius 3 is 2.88 bits per heavy atom. The monoisotopic (exact) mass is 273 g/mol. The SMILES string of the molecule is Cn1ncc(N2CCSC(C)(C)C2)c(Cl)c1=O. The molecule has 1 saturated heterocycles. The fraction of sp³-hybridized carbons (Fsp3) is 0.636. The van der Waals surface area contributed by atoms with Crippen LogP contribution in [0.2, 0.25) is 5.02 Å². The van der Waals surface area contributed by atoms with E-state index in [4.69, 9.17) is 11.6 Å². The van der Waals surface area contributed by atoms with E-state index in [1.165, 1.54) is 4.68 Å². The molecule has 4 nitrogen and oxygen atoms in total. The number of rotatable bonds is 1. The lowest BCUT2D eigenvalue weighted by Gasteiger charge is -2.38. The van der Waals surface area contributed by atoms with Gasteiger partial charge in [-0.15, -0.1) is 0 Å². The standard InChI is InChI=1S/C11H16ClN3OS/c1-11(2)7-15(4-5-17-11)8-6-13-14(3)10(16)9(8)12/h6H,4-5,7H2,1-3H3. The molecule has 0 unspecified atom stereocenters. The molecular weight excluding hydrogens is 258 g/mol. The van der Waals surface area contributed by atoms with Gasteiger partial charge in [-0.2, -0.15) is 16.9 Å². The average molecular weight is 274 g/mol. The highest BCUT2D eigenvalue weighted by Gasteiger charge is 2.28. The van der Waals surface area contributed by atoms with Gasteiger partial charge in [-0.05, 0) is 13.8 Å². The van der Waals surface area contributed by atoms with Crippen molar-refractivity contribution < 1.29 is 0 Å². The minimum atomic E-state index is -0.236. The van der Waals surface area contributed by atoms with Crippen LogP contribution in [0.25, 0.3) is 0 Å². The van der Waals surface area contributed by atoms with Gasteiger partial charge >= 0.3 is 0 Å². The zero-order valence-corrected chi connectivity index (χ0v) is 11.8. The van der Waals surface area contributed by atoms with E-state index < -0.39 is 0 Å². The van der Waals surface area contributed by atoms with Gasteiger partial charge in [-0.3, -0.25) is 4.79 Å². The molecule has 0 radical (unpaired) electrons. The molecule has 0 amide bonds. The van der Waals surface area contributed by atoms with Crippen molar-refractivity contribution in [3.63, 3.8) is 0 Å². The summed E-state index contributed by atoms with van der Waals surface area (Å²) in [6.45, 7) is 6.19. The summed E-state index contributed by atoms with van der Waals surface area (Å²) >= 11 is 8.05. The molecule has 0 bridgehead atoms. The predicted molar refractivity (Wildman–Crippen MR) is 73.2 cm³/mol. The summed E-state index contributed by atoms with van der Waals surface area (Å²) in [5.41, 5.74) is 0.517. The van der Waals surface area contributed by atoms with Gasteiger partial charge in [0.25, 0.3) is 5.56 Å². The van der Waals surface area contributed by atoms with Crippen molar-refractivity contribution in [2.24, 2.45) is 7.05 Å². The molecule has 17 heavy (non-hydrogen) atoms. The molecular formula is C11H16ClN3OS. The van der Waals surface area contributed by atoms with E-state index in [1.54, 1.807) is 13.2 Å². The number of anilines is 1. The Kier molecular flexibility index (Phi) is 3.41. The lowest BCUT2D eigenvalue weighted by atomic mass is 10.2. The van der Waals surface area contributed by atoms with Crippen LogP contribution < -0.4 is 10.5 Å². The van der Waals surface area contributed by atoms with Crippen LogP contribution >= 0.6 is 23.4 Å². The van der Waals surface area contributed by atoms with Crippen molar-refractivity contribution in [1.82, 2.24) is 9.78 Å². The maximum absolute atomic E-state index is 11.7. The lowest BCUT2D eigenvalue weighted by molar-refractivity contribution is 0.639. The highest BCUT2D eigenvalue weighted by molar-refractivity contribution is 8.00. The van der Waals surface area contributed by atoms with E-state index in [-0.39, 0.29) is 15.3 Å². The Morgan fingerprint density at radius 1 is 1.53 bits per heavy atom. The second kappa shape index (κ2) is 4.53. The first-order valence-electron chi connectivity index (χ1n) is 5.51. The summed E-state index contributed by atoms with van der Waals surface area (Å²) in [5, 5.41) is 4.30. The number of nitrogens with zero attached hydrogens (tertiary/aromatic N) is 3. The van der Waals surface area contributed by atoms with Crippen LogP contribution in [0, 0.1) is 0 Å². The Balaban J connectivity index is 2.35. The zero-order valence-electron chi connectivity index (χ0n) is 10.2. The van der Waals surface area contributed by atoms with E-state index in [0.717, 1.165) is 24.5 Å². The molecule has 1 aromatic rings. The van der Waals surface area contributed by atoms with Gasteiger partial charge in [0.15, 0.2) is 0 Å². The molecule has 0 N–H and O–H groups in total. The highest BCUT2D eigenvalue weighted by atomic mass is 35.5. The van der Waals surface area contributed by atoms with Gasteiger partial charge in [0, 0.05) is 30.6 Å². The Hall–Kier alpha value is -0.680. The van der Waals surface area contributed by atoms with Crippen molar-refractivity contribution in [3.8, 4) is 0 Å². The zero-order chi connectivity index (χ0) is 12.6. The maximum atomic E-state index is 11.7. The number of thioether (sulfide) groups is 1. The van der Waals surface area contributed by atoms with Gasteiger partial charge in [0.05, 0.1) is 11.9 Å². The Labute approximate surface area is 110 Å². The van der Waals surface area contributed by atoms with Crippen LogP contribution in [-0.4, -0.2) is 33.4 Å². The first kappa shape index (κ1) is 12.8. The second-order valence-corrected chi connectivity index (χ2v) is 6.98. The first-order valence-corrected chi connectivity index (χ1v) is 6.88. The average Bonchev–Trinajstić information content (AvgIpc) is 2.25. The minimum Gasteiger partial charge on any atom is -0.367 e. The molecule has 0 spiro atoms. The molecule has 0 aromatic carbocycles. The van der Waals surface area contributed by atoms with Crippen LogP contribution in [0.3, 0.4) is 0 Å². The number of halogens is 1. The molecule has 1 aromatic heterocycles. The number of hydrogen-bond acceptors (Lipinski definition) is 4. The molecule has 1 aliphatic heterocycles. The normalized spacial score (nSPS) is 19.4. The summed E-state index contributed by atoms with van der Waals surface area (Å²) in [5.74, 6) is 1.04. The van der Waals surface area contributed by atoms with E-state index in [1.807, 2.05) is 11.8 Å². The van der Waals surface area contributed by atoms with Gasteiger partial charge in [0.1, 0.15) is 5.02 Å². The van der Waals surface area contributed by atoms with E-state index in [9.17, 15) is 4.79 Å². The molecule has 94 valence electrons. The molecule has 0 atom stereocenters. The van der Waals surface area contributed by atoms with Crippen LogP contribution in [0.4, 0.5) is 5.69 Å². The van der Waals surface area contributed by atoms with E-state index in [0.29, 0.717) is 0 Å². The molecule has 1 fully saturated rings. The Bertz CT molecular complexity index is 486.